The van der Waals surface area contributed by atoms with Gasteiger partial charge in [-0.25, -0.2) is 4.98 Å². The molecule has 1 aliphatic rings. The molecule has 4 heteroatoms. The summed E-state index contributed by atoms with van der Waals surface area (Å²) in [5, 5.41) is 0. The third-order valence-corrected chi connectivity index (χ3v) is 4.34. The van der Waals surface area contributed by atoms with Gasteiger partial charge in [-0.15, -0.1) is 0 Å². The molecule has 0 saturated carbocycles. The van der Waals surface area contributed by atoms with Crippen molar-refractivity contribution in [3.63, 3.8) is 0 Å². The largest absolute Gasteiger partial charge is 0.342 e. The van der Waals surface area contributed by atoms with Crippen molar-refractivity contribution in [1.82, 2.24) is 14.9 Å². The molecule has 0 amide bonds. The molecule has 1 saturated heterocycles. The number of likely N-dealkylation sites (tertiary alicyclic amines) is 1. The maximum Gasteiger partial charge on any atom is 0.137 e. The third kappa shape index (κ3) is 3.01. The molecule has 112 valence electrons. The van der Waals surface area contributed by atoms with E-state index in [-0.39, 0.29) is 6.04 Å². The van der Waals surface area contributed by atoms with Gasteiger partial charge in [0.2, 0.25) is 0 Å². The maximum absolute atomic E-state index is 6.06. The highest BCUT2D eigenvalue weighted by molar-refractivity contribution is 5.55. The summed E-state index contributed by atoms with van der Waals surface area (Å²) in [6.07, 6.45) is 3.87. The second-order valence-electron chi connectivity index (χ2n) is 5.81. The van der Waals surface area contributed by atoms with Crippen LogP contribution in [-0.2, 0) is 0 Å². The van der Waals surface area contributed by atoms with Crippen LogP contribution in [0.5, 0.6) is 0 Å². The highest BCUT2D eigenvalue weighted by Gasteiger charge is 2.25. The van der Waals surface area contributed by atoms with E-state index < -0.39 is 0 Å². The van der Waals surface area contributed by atoms with Crippen molar-refractivity contribution >= 4 is 0 Å². The molecule has 0 spiro atoms. The molecule has 4 nitrogen and oxygen atoms in total. The molecule has 1 aromatic carbocycles. The van der Waals surface area contributed by atoms with E-state index in [2.05, 4.69) is 28.9 Å². The molecular weight excluding hydrogens is 260 g/mol. The number of rotatable bonds is 4. The van der Waals surface area contributed by atoms with E-state index in [1.807, 2.05) is 18.2 Å². The number of benzene rings is 1. The van der Waals surface area contributed by atoms with Gasteiger partial charge in [-0.2, -0.15) is 0 Å². The lowest BCUT2D eigenvalue weighted by Gasteiger charge is -2.33. The van der Waals surface area contributed by atoms with E-state index in [0.717, 1.165) is 35.9 Å². The number of aromatic nitrogens is 2. The van der Waals surface area contributed by atoms with Gasteiger partial charge in [0.1, 0.15) is 5.82 Å². The smallest absolute Gasteiger partial charge is 0.137 e. The van der Waals surface area contributed by atoms with E-state index >= 15 is 0 Å². The first-order chi connectivity index (χ1) is 10.3. The minimum absolute atomic E-state index is 0.235. The van der Waals surface area contributed by atoms with Gasteiger partial charge in [-0.1, -0.05) is 36.8 Å². The van der Waals surface area contributed by atoms with E-state index in [9.17, 15) is 0 Å². The average molecular weight is 284 g/mol. The van der Waals surface area contributed by atoms with Crippen molar-refractivity contribution < 1.29 is 0 Å². The van der Waals surface area contributed by atoms with Gasteiger partial charge >= 0.3 is 0 Å². The number of aromatic amines is 1. The van der Waals surface area contributed by atoms with Gasteiger partial charge in [0.25, 0.3) is 0 Å². The number of imidazole rings is 1. The van der Waals surface area contributed by atoms with Crippen molar-refractivity contribution in [2.24, 2.45) is 5.73 Å². The minimum atomic E-state index is 0.235. The van der Waals surface area contributed by atoms with Gasteiger partial charge in [-0.05, 0) is 32.9 Å². The second kappa shape index (κ2) is 6.41. The minimum Gasteiger partial charge on any atom is -0.342 e. The number of hydrogen-bond acceptors (Lipinski definition) is 3. The monoisotopic (exact) mass is 284 g/mol. The Morgan fingerprint density at radius 2 is 1.90 bits per heavy atom. The van der Waals surface area contributed by atoms with Crippen molar-refractivity contribution in [1.29, 1.82) is 0 Å². The zero-order chi connectivity index (χ0) is 14.7. The van der Waals surface area contributed by atoms with Crippen LogP contribution in [0.2, 0.25) is 0 Å². The molecule has 2 heterocycles. The van der Waals surface area contributed by atoms with Crippen molar-refractivity contribution in [2.75, 3.05) is 19.6 Å². The average Bonchev–Trinajstić information content (AvgIpc) is 2.92. The fourth-order valence-electron chi connectivity index (χ4n) is 3.19. The Balaban J connectivity index is 1.88. The summed E-state index contributed by atoms with van der Waals surface area (Å²) in [5.41, 5.74) is 9.43. The van der Waals surface area contributed by atoms with Crippen molar-refractivity contribution in [3.05, 3.63) is 41.7 Å². The highest BCUT2D eigenvalue weighted by Crippen LogP contribution is 2.27. The zero-order valence-corrected chi connectivity index (χ0v) is 12.7. The SMILES string of the molecule is Cc1[nH]c(-c2ccccc2)nc1C(CN)N1CCCCC1. The standard InChI is InChI=1S/C17H24N4/c1-13-16(15(12-18)21-10-6-3-7-11-21)20-17(19-13)14-8-4-2-5-9-14/h2,4-5,8-9,15H,3,6-7,10-12,18H2,1H3,(H,19,20). The first-order valence-electron chi connectivity index (χ1n) is 7.85. The molecule has 1 unspecified atom stereocenters. The molecule has 0 aliphatic carbocycles. The van der Waals surface area contributed by atoms with Crippen LogP contribution >= 0.6 is 0 Å². The molecule has 21 heavy (non-hydrogen) atoms. The van der Waals surface area contributed by atoms with E-state index in [1.165, 1.54) is 19.3 Å². The quantitative estimate of drug-likeness (QED) is 0.907. The summed E-state index contributed by atoms with van der Waals surface area (Å²) in [5.74, 6) is 0.943. The number of H-pyrrole nitrogens is 1. The first kappa shape index (κ1) is 14.3. The van der Waals surface area contributed by atoms with Crippen LogP contribution in [0.3, 0.4) is 0 Å². The highest BCUT2D eigenvalue weighted by atomic mass is 15.2. The van der Waals surface area contributed by atoms with E-state index in [0.29, 0.717) is 6.54 Å². The summed E-state index contributed by atoms with van der Waals surface area (Å²) < 4.78 is 0. The molecule has 1 atom stereocenters. The van der Waals surface area contributed by atoms with Gasteiger partial charge in [-0.3, -0.25) is 4.90 Å². The second-order valence-corrected chi connectivity index (χ2v) is 5.81. The topological polar surface area (TPSA) is 57.9 Å². The van der Waals surface area contributed by atoms with Crippen LogP contribution in [0.15, 0.2) is 30.3 Å². The normalized spacial score (nSPS) is 17.8. The zero-order valence-electron chi connectivity index (χ0n) is 12.7. The Bertz CT molecular complexity index is 570. The van der Waals surface area contributed by atoms with Gasteiger partial charge in [0.15, 0.2) is 0 Å². The Morgan fingerprint density at radius 3 is 2.57 bits per heavy atom. The predicted molar refractivity (Wildman–Crippen MR) is 86.0 cm³/mol. The van der Waals surface area contributed by atoms with Crippen LogP contribution in [0, 0.1) is 6.92 Å². The van der Waals surface area contributed by atoms with Gasteiger partial charge in [0, 0.05) is 17.8 Å². The Kier molecular flexibility index (Phi) is 4.36. The lowest BCUT2D eigenvalue weighted by molar-refractivity contribution is 0.164. The molecule has 1 fully saturated rings. The summed E-state index contributed by atoms with van der Waals surface area (Å²) in [6.45, 7) is 4.99. The fraction of sp³-hybridized carbons (Fsp3) is 0.471. The van der Waals surface area contributed by atoms with Crippen LogP contribution in [0.25, 0.3) is 11.4 Å². The van der Waals surface area contributed by atoms with Crippen molar-refractivity contribution in [3.8, 4) is 11.4 Å². The van der Waals surface area contributed by atoms with Crippen molar-refractivity contribution in [2.45, 2.75) is 32.2 Å². The Morgan fingerprint density at radius 1 is 1.19 bits per heavy atom. The molecule has 1 aliphatic heterocycles. The molecule has 0 bridgehead atoms. The van der Waals surface area contributed by atoms with Gasteiger partial charge < -0.3 is 10.7 Å². The first-order valence-corrected chi connectivity index (χ1v) is 7.85. The predicted octanol–water partition coefficient (Wildman–Crippen LogP) is 2.87. The van der Waals surface area contributed by atoms with E-state index in [1.54, 1.807) is 0 Å². The Hall–Kier alpha value is -1.65. The summed E-state index contributed by atoms with van der Waals surface area (Å²) >= 11 is 0. The molecule has 1 aromatic heterocycles. The van der Waals surface area contributed by atoms with Crippen LogP contribution in [0.1, 0.15) is 36.7 Å². The van der Waals surface area contributed by atoms with Crippen LogP contribution in [-0.4, -0.2) is 34.5 Å². The number of piperidine rings is 1. The molecular formula is C17H24N4. The fourth-order valence-corrected chi connectivity index (χ4v) is 3.19. The molecule has 3 N–H and O–H groups in total. The molecule has 3 rings (SSSR count). The lowest BCUT2D eigenvalue weighted by atomic mass is 10.1. The number of hydrogen-bond donors (Lipinski definition) is 2. The summed E-state index contributed by atoms with van der Waals surface area (Å²) in [6, 6.07) is 10.5. The maximum atomic E-state index is 6.06. The molecule has 0 radical (unpaired) electrons. The Labute approximate surface area is 126 Å². The van der Waals surface area contributed by atoms with E-state index in [4.69, 9.17) is 10.7 Å². The van der Waals surface area contributed by atoms with Gasteiger partial charge in [0.05, 0.1) is 11.7 Å². The number of nitrogens with two attached hydrogens (primary N) is 1. The summed E-state index contributed by atoms with van der Waals surface area (Å²) in [7, 11) is 0. The number of nitrogens with one attached hydrogen (secondary N) is 1. The molecule has 2 aromatic rings. The number of aryl methyl sites for hydroxylation is 1. The van der Waals surface area contributed by atoms with Crippen LogP contribution < -0.4 is 5.73 Å². The third-order valence-electron chi connectivity index (χ3n) is 4.34. The number of nitrogens with zero attached hydrogens (tertiary/aromatic N) is 2. The van der Waals surface area contributed by atoms with Crippen LogP contribution in [0.4, 0.5) is 0 Å². The lowest BCUT2D eigenvalue weighted by Crippen LogP contribution is -2.38. The summed E-state index contributed by atoms with van der Waals surface area (Å²) in [4.78, 5) is 10.8.